The van der Waals surface area contributed by atoms with E-state index in [0.29, 0.717) is 38.9 Å². The third-order valence-electron chi connectivity index (χ3n) is 15.4. The minimum Gasteiger partial charge on any atom is -0.468 e. The molecule has 11 atom stereocenters. The molecule has 12 nitrogen and oxygen atoms in total. The van der Waals surface area contributed by atoms with Crippen molar-refractivity contribution in [1.29, 1.82) is 0 Å². The molecule has 5 aliphatic heterocycles. The summed E-state index contributed by atoms with van der Waals surface area (Å²) in [5.41, 5.74) is 1.16. The molecular weight excluding hydrogens is 749 g/mol. The fourth-order valence-electron chi connectivity index (χ4n) is 13.4. The molecular formula is C47H56N4O8. The maximum Gasteiger partial charge on any atom is 0.344 e. The number of nitrogens with one attached hydrogen (secondary N) is 1. The number of aliphatic hydroxyl groups is 1. The molecule has 6 heterocycles. The van der Waals surface area contributed by atoms with Crippen LogP contribution in [0.25, 0.3) is 10.9 Å². The average Bonchev–Trinajstić information content (AvgIpc) is 3.89. The van der Waals surface area contributed by atoms with E-state index in [0.717, 1.165) is 58.5 Å². The Balaban J connectivity index is 1.34. The Morgan fingerprint density at radius 2 is 1.83 bits per heavy atom. The lowest BCUT2D eigenvalue weighted by Crippen LogP contribution is -2.79. The number of hydrogen-bond donors (Lipinski definition) is 2. The maximum atomic E-state index is 15.3. The normalized spacial score (nSPS) is 38.0. The molecule has 1 aromatic heterocycles. The standard InChI is InChI=1S/C47H56N4O8/c1-9-28-13-14-35-31(20-28)32-26-50-24-29(10-2)19-30(25-50)23-46(38(32)48-35,42(53)57-7)34-21-33-36(22-37(34)56-6)49(5)40-45(33)16-18-51-17-12-15-44(11-3,39(45)51)41(59-27(4)52)47(40,55)43(54)58-8/h1,12-15,19-22,30,34,37,39-41,48,55H,10-11,16-18,23-26H2,2-8H3/t30-,34?,37?,39+,40-,41-,44-,45-,46+,47+/m1/s1. The summed E-state index contributed by atoms with van der Waals surface area (Å²) in [5.74, 6) is 0.433. The van der Waals surface area contributed by atoms with Gasteiger partial charge in [-0.3, -0.25) is 19.4 Å². The molecule has 0 radical (unpaired) electrons. The summed E-state index contributed by atoms with van der Waals surface area (Å²) in [6, 6.07) is 4.79. The second kappa shape index (κ2) is 13.9. The van der Waals surface area contributed by atoms with Crippen LogP contribution in [0.15, 0.2) is 65.4 Å². The number of nitrogens with zero attached hydrogens (tertiary/aromatic N) is 3. The number of likely N-dealkylation sites (tertiary alicyclic amines) is 1. The van der Waals surface area contributed by atoms with Crippen LogP contribution < -0.4 is 0 Å². The first kappa shape index (κ1) is 39.8. The van der Waals surface area contributed by atoms with Crippen molar-refractivity contribution in [2.75, 3.05) is 54.6 Å². The van der Waals surface area contributed by atoms with E-state index >= 15 is 4.79 Å². The van der Waals surface area contributed by atoms with Crippen LogP contribution in [0.4, 0.5) is 0 Å². The van der Waals surface area contributed by atoms with Gasteiger partial charge in [0, 0.05) is 97.9 Å². The van der Waals surface area contributed by atoms with Gasteiger partial charge < -0.3 is 33.9 Å². The van der Waals surface area contributed by atoms with Crippen LogP contribution in [0.1, 0.15) is 63.3 Å². The monoisotopic (exact) mass is 804 g/mol. The van der Waals surface area contributed by atoms with Gasteiger partial charge in [-0.1, -0.05) is 49.6 Å². The zero-order valence-electron chi connectivity index (χ0n) is 35.2. The van der Waals surface area contributed by atoms with E-state index < -0.39 is 58.0 Å². The highest BCUT2D eigenvalue weighted by Gasteiger charge is 2.81. The van der Waals surface area contributed by atoms with Crippen molar-refractivity contribution in [3.05, 3.63) is 82.2 Å². The minimum absolute atomic E-state index is 0.0267. The summed E-state index contributed by atoms with van der Waals surface area (Å²) < 4.78 is 24.1. The van der Waals surface area contributed by atoms with Gasteiger partial charge >= 0.3 is 17.9 Å². The molecule has 312 valence electrons. The number of ether oxygens (including phenoxy) is 4. The highest BCUT2D eigenvalue weighted by Crippen LogP contribution is 2.70. The first-order valence-corrected chi connectivity index (χ1v) is 21.0. The topological polar surface area (TPSA) is 134 Å². The van der Waals surface area contributed by atoms with Gasteiger partial charge in [0.25, 0.3) is 0 Å². The van der Waals surface area contributed by atoms with Crippen LogP contribution in [0.5, 0.6) is 0 Å². The highest BCUT2D eigenvalue weighted by molar-refractivity contribution is 5.92. The van der Waals surface area contributed by atoms with Crippen molar-refractivity contribution in [1.82, 2.24) is 19.7 Å². The van der Waals surface area contributed by atoms with Crippen LogP contribution in [-0.4, -0.2) is 127 Å². The van der Waals surface area contributed by atoms with Crippen LogP contribution in [0.3, 0.4) is 0 Å². The third-order valence-corrected chi connectivity index (χ3v) is 15.4. The predicted molar refractivity (Wildman–Crippen MR) is 220 cm³/mol. The van der Waals surface area contributed by atoms with Gasteiger partial charge in [0.15, 0.2) is 6.10 Å². The van der Waals surface area contributed by atoms with Crippen LogP contribution in [-0.2, 0) is 45.3 Å². The summed E-state index contributed by atoms with van der Waals surface area (Å²) in [4.78, 5) is 53.3. The van der Waals surface area contributed by atoms with Gasteiger partial charge in [0.05, 0.1) is 26.4 Å². The van der Waals surface area contributed by atoms with Gasteiger partial charge in [-0.05, 0) is 73.6 Å². The van der Waals surface area contributed by atoms with Crippen molar-refractivity contribution in [2.24, 2.45) is 22.7 Å². The van der Waals surface area contributed by atoms with E-state index in [1.807, 2.05) is 37.1 Å². The molecule has 1 saturated carbocycles. The molecule has 2 N–H and O–H groups in total. The zero-order chi connectivity index (χ0) is 41.8. The molecule has 7 aliphatic rings. The molecule has 3 unspecified atom stereocenters. The van der Waals surface area contributed by atoms with Crippen LogP contribution in [0.2, 0.25) is 0 Å². The molecule has 2 saturated heterocycles. The highest BCUT2D eigenvalue weighted by atomic mass is 16.6. The Morgan fingerprint density at radius 3 is 2.51 bits per heavy atom. The summed E-state index contributed by atoms with van der Waals surface area (Å²) in [6.45, 7) is 9.10. The van der Waals surface area contributed by atoms with E-state index in [1.165, 1.54) is 26.7 Å². The predicted octanol–water partition coefficient (Wildman–Crippen LogP) is 4.38. The number of methoxy groups -OCH3 is 3. The third kappa shape index (κ3) is 5.14. The Hall–Kier alpha value is -4.67. The first-order valence-electron chi connectivity index (χ1n) is 21.0. The van der Waals surface area contributed by atoms with Crippen molar-refractivity contribution in [3.8, 4) is 12.3 Å². The fourth-order valence-corrected chi connectivity index (χ4v) is 13.4. The fraction of sp³-hybridized carbons (Fsp3) is 0.553. The van der Waals surface area contributed by atoms with E-state index in [4.69, 9.17) is 25.4 Å². The smallest absolute Gasteiger partial charge is 0.344 e. The second-order valence-corrected chi connectivity index (χ2v) is 17.9. The molecule has 2 aliphatic carbocycles. The molecule has 1 aromatic carbocycles. The Kier molecular flexibility index (Phi) is 9.40. The lowest BCUT2D eigenvalue weighted by molar-refractivity contribution is -0.243. The van der Waals surface area contributed by atoms with E-state index in [1.54, 1.807) is 7.11 Å². The number of terminal acetylenes is 1. The Morgan fingerprint density at radius 1 is 1.05 bits per heavy atom. The number of benzene rings is 1. The lowest BCUT2D eigenvalue weighted by atomic mass is 9.47. The van der Waals surface area contributed by atoms with Gasteiger partial charge in [0.2, 0.25) is 5.60 Å². The number of rotatable bonds is 7. The number of fused-ring (bicyclic) bond motifs is 6. The van der Waals surface area contributed by atoms with Crippen LogP contribution in [0, 0.1) is 35.0 Å². The molecule has 12 heteroatoms. The molecule has 59 heavy (non-hydrogen) atoms. The molecule has 1 spiro atoms. The zero-order valence-corrected chi connectivity index (χ0v) is 35.2. The lowest BCUT2D eigenvalue weighted by Gasteiger charge is -2.63. The number of aromatic amines is 1. The van der Waals surface area contributed by atoms with E-state index in [2.05, 4.69) is 58.0 Å². The number of allylic oxidation sites excluding steroid dienone is 1. The van der Waals surface area contributed by atoms with Gasteiger partial charge in [-0.25, -0.2) is 4.79 Å². The first-order chi connectivity index (χ1) is 28.3. The quantitative estimate of drug-likeness (QED) is 0.179. The van der Waals surface area contributed by atoms with E-state index in [9.17, 15) is 14.7 Å². The SMILES string of the molecule is C#Cc1ccc2[nH]c3c(c2c1)CN1CC(CC)=C[C@@H](C1)C[C@]3(C(=O)OC)C1C=C2C(=CC1OC)N(C)[C@H]1[C@@](O)(C(=O)OC)[C@H](OC(C)=O)[C@]3(CC)C=CCN4CC[C@]21[C@@H]43. The van der Waals surface area contributed by atoms with Crippen molar-refractivity contribution in [3.63, 3.8) is 0 Å². The van der Waals surface area contributed by atoms with Gasteiger partial charge in [0.1, 0.15) is 5.41 Å². The summed E-state index contributed by atoms with van der Waals surface area (Å²) in [5, 5.41) is 14.3. The Labute approximate surface area is 346 Å². The minimum atomic E-state index is -2.28. The van der Waals surface area contributed by atoms with Gasteiger partial charge in [-0.15, -0.1) is 6.42 Å². The Bertz CT molecular complexity index is 2300. The summed E-state index contributed by atoms with van der Waals surface area (Å²) in [7, 11) is 6.29. The molecule has 2 bridgehead atoms. The summed E-state index contributed by atoms with van der Waals surface area (Å²) >= 11 is 0. The molecule has 0 amide bonds. The van der Waals surface area contributed by atoms with Gasteiger partial charge in [-0.2, -0.15) is 0 Å². The van der Waals surface area contributed by atoms with Crippen molar-refractivity contribution < 1.29 is 38.4 Å². The number of hydrogen-bond acceptors (Lipinski definition) is 11. The molecule has 9 rings (SSSR count). The molecule has 2 aromatic rings. The number of esters is 3. The average molecular weight is 805 g/mol. The number of H-pyrrole nitrogens is 1. The van der Waals surface area contributed by atoms with Crippen LogP contribution >= 0.6 is 0 Å². The second-order valence-electron chi connectivity index (χ2n) is 17.9. The number of carbonyl (C=O) groups is 3. The van der Waals surface area contributed by atoms with E-state index in [-0.39, 0.29) is 17.9 Å². The van der Waals surface area contributed by atoms with Crippen molar-refractivity contribution >= 4 is 28.8 Å². The number of carbonyl (C=O) groups excluding carboxylic acids is 3. The number of aromatic nitrogens is 1. The summed E-state index contributed by atoms with van der Waals surface area (Å²) in [6.07, 6.45) is 17.3. The number of likely N-dealkylation sites (N-methyl/N-ethyl adjacent to an activating group) is 1. The largest absolute Gasteiger partial charge is 0.468 e. The van der Waals surface area contributed by atoms with Crippen molar-refractivity contribution in [2.45, 2.75) is 88.3 Å². The maximum absolute atomic E-state index is 15.3. The molecule has 3 fully saturated rings.